The van der Waals surface area contributed by atoms with Crippen LogP contribution in [0.4, 0.5) is 0 Å². The van der Waals surface area contributed by atoms with Crippen LogP contribution in [-0.2, 0) is 13.0 Å². The molecule has 30 heavy (non-hydrogen) atoms. The zero-order chi connectivity index (χ0) is 21.2. The van der Waals surface area contributed by atoms with Crippen molar-refractivity contribution >= 4 is 29.9 Å². The maximum Gasteiger partial charge on any atom is 0.188 e. The monoisotopic (exact) mass is 531 g/mol. The second-order valence-electron chi connectivity index (χ2n) is 6.08. The molecular formula is C21H30IN3O5. The van der Waals surface area contributed by atoms with Crippen LogP contribution in [0.3, 0.4) is 0 Å². The van der Waals surface area contributed by atoms with Gasteiger partial charge in [0.1, 0.15) is 17.2 Å². The summed E-state index contributed by atoms with van der Waals surface area (Å²) in [5.41, 5.74) is 7.89. The number of nitrogens with two attached hydrogens (primary N) is 1. The van der Waals surface area contributed by atoms with Crippen molar-refractivity contribution < 1.29 is 23.7 Å². The first-order valence-electron chi connectivity index (χ1n) is 9.09. The van der Waals surface area contributed by atoms with Crippen molar-refractivity contribution in [1.82, 2.24) is 5.32 Å². The van der Waals surface area contributed by atoms with Crippen molar-refractivity contribution in [3.05, 3.63) is 41.5 Å². The lowest BCUT2D eigenvalue weighted by atomic mass is 10.1. The summed E-state index contributed by atoms with van der Waals surface area (Å²) >= 11 is 0. The molecule has 0 unspecified atom stereocenters. The van der Waals surface area contributed by atoms with Gasteiger partial charge in [-0.15, -0.1) is 24.0 Å². The molecule has 0 aromatic heterocycles. The average molecular weight is 531 g/mol. The number of guanidine groups is 1. The number of halogens is 1. The Hall–Kier alpha value is -2.56. The van der Waals surface area contributed by atoms with E-state index < -0.39 is 0 Å². The first-order chi connectivity index (χ1) is 14.1. The molecule has 0 spiro atoms. The van der Waals surface area contributed by atoms with Crippen molar-refractivity contribution in [2.45, 2.75) is 13.0 Å². The van der Waals surface area contributed by atoms with Gasteiger partial charge in [-0.3, -0.25) is 0 Å². The van der Waals surface area contributed by atoms with E-state index >= 15 is 0 Å². The van der Waals surface area contributed by atoms with Gasteiger partial charge in [-0.05, 0) is 24.1 Å². The second kappa shape index (κ2) is 12.9. The van der Waals surface area contributed by atoms with E-state index in [1.165, 1.54) is 0 Å². The molecule has 0 fully saturated rings. The van der Waals surface area contributed by atoms with Crippen LogP contribution in [0, 0.1) is 0 Å². The molecule has 0 bridgehead atoms. The fourth-order valence-corrected chi connectivity index (χ4v) is 2.85. The van der Waals surface area contributed by atoms with Crippen molar-refractivity contribution in [3.63, 3.8) is 0 Å². The molecule has 0 heterocycles. The van der Waals surface area contributed by atoms with E-state index in [4.69, 9.17) is 29.4 Å². The molecular weight excluding hydrogens is 501 g/mol. The van der Waals surface area contributed by atoms with Crippen LogP contribution in [0.1, 0.15) is 11.1 Å². The summed E-state index contributed by atoms with van der Waals surface area (Å²) in [6.45, 7) is 0.995. The molecule has 2 aromatic carbocycles. The first-order valence-corrected chi connectivity index (χ1v) is 9.09. The molecule has 0 radical (unpaired) electrons. The molecule has 0 saturated carbocycles. The van der Waals surface area contributed by atoms with Crippen molar-refractivity contribution in [2.24, 2.45) is 10.7 Å². The summed E-state index contributed by atoms with van der Waals surface area (Å²) in [6, 6.07) is 9.29. The SMILES string of the molecule is COc1cc(OC)c(CCNC(N)=NCc2ccc(OC)c(OC)c2)c(OC)c1.I. The molecule has 166 valence electrons. The molecule has 2 aromatic rings. The average Bonchev–Trinajstić information content (AvgIpc) is 2.77. The van der Waals surface area contributed by atoms with Gasteiger partial charge in [-0.1, -0.05) is 6.07 Å². The maximum absolute atomic E-state index is 6.00. The van der Waals surface area contributed by atoms with Gasteiger partial charge in [0.05, 0.1) is 42.1 Å². The second-order valence-corrected chi connectivity index (χ2v) is 6.08. The third-order valence-corrected chi connectivity index (χ3v) is 4.38. The van der Waals surface area contributed by atoms with Crippen molar-refractivity contribution in [3.8, 4) is 28.7 Å². The van der Waals surface area contributed by atoms with Gasteiger partial charge >= 0.3 is 0 Å². The van der Waals surface area contributed by atoms with Gasteiger partial charge in [0.25, 0.3) is 0 Å². The quantitative estimate of drug-likeness (QED) is 0.277. The summed E-state index contributed by atoms with van der Waals surface area (Å²) in [6.07, 6.45) is 0.642. The number of aliphatic imine (C=N–C) groups is 1. The molecule has 0 aliphatic carbocycles. The summed E-state index contributed by atoms with van der Waals surface area (Å²) < 4.78 is 26.7. The van der Waals surface area contributed by atoms with Gasteiger partial charge in [0.2, 0.25) is 0 Å². The summed E-state index contributed by atoms with van der Waals surface area (Å²) in [5, 5.41) is 3.11. The number of methoxy groups -OCH3 is 5. The predicted molar refractivity (Wildman–Crippen MR) is 128 cm³/mol. The van der Waals surface area contributed by atoms with E-state index in [1.54, 1.807) is 35.5 Å². The molecule has 0 atom stereocenters. The number of hydrogen-bond donors (Lipinski definition) is 2. The van der Waals surface area contributed by atoms with Crippen LogP contribution in [0.2, 0.25) is 0 Å². The molecule has 9 heteroatoms. The summed E-state index contributed by atoms with van der Waals surface area (Å²) in [5.74, 6) is 3.75. The minimum Gasteiger partial charge on any atom is -0.496 e. The van der Waals surface area contributed by atoms with Gasteiger partial charge < -0.3 is 34.7 Å². The van der Waals surface area contributed by atoms with Gasteiger partial charge in [-0.25, -0.2) is 4.99 Å². The Kier molecular flexibility index (Phi) is 10.9. The highest BCUT2D eigenvalue weighted by molar-refractivity contribution is 14.0. The Morgan fingerprint density at radius 2 is 1.43 bits per heavy atom. The maximum atomic E-state index is 6.00. The summed E-state index contributed by atoms with van der Waals surface area (Å²) in [4.78, 5) is 4.37. The number of hydrogen-bond acceptors (Lipinski definition) is 6. The smallest absolute Gasteiger partial charge is 0.188 e. The summed E-state index contributed by atoms with van der Waals surface area (Å²) in [7, 11) is 8.03. The Morgan fingerprint density at radius 3 is 1.97 bits per heavy atom. The molecule has 0 aliphatic rings. The van der Waals surface area contributed by atoms with Gasteiger partial charge in [-0.2, -0.15) is 0 Å². The number of nitrogens with zero attached hydrogens (tertiary/aromatic N) is 1. The number of benzene rings is 2. The number of rotatable bonds is 10. The highest BCUT2D eigenvalue weighted by Gasteiger charge is 2.13. The van der Waals surface area contributed by atoms with E-state index in [0.29, 0.717) is 54.2 Å². The van der Waals surface area contributed by atoms with E-state index in [0.717, 1.165) is 11.1 Å². The Morgan fingerprint density at radius 1 is 0.833 bits per heavy atom. The predicted octanol–water partition coefficient (Wildman–Crippen LogP) is 2.99. The van der Waals surface area contributed by atoms with Crippen LogP contribution < -0.4 is 34.7 Å². The Labute approximate surface area is 194 Å². The van der Waals surface area contributed by atoms with Crippen molar-refractivity contribution in [1.29, 1.82) is 0 Å². The Balaban J connectivity index is 0.00000450. The van der Waals surface area contributed by atoms with Crippen LogP contribution in [0.15, 0.2) is 35.3 Å². The number of nitrogens with one attached hydrogen (secondary N) is 1. The van der Waals surface area contributed by atoms with E-state index in [9.17, 15) is 0 Å². The molecule has 0 amide bonds. The fourth-order valence-electron chi connectivity index (χ4n) is 2.85. The van der Waals surface area contributed by atoms with Crippen LogP contribution in [0.25, 0.3) is 0 Å². The van der Waals surface area contributed by atoms with Gasteiger partial charge in [0, 0.05) is 24.2 Å². The molecule has 3 N–H and O–H groups in total. The van der Waals surface area contributed by atoms with Crippen LogP contribution in [0.5, 0.6) is 28.7 Å². The molecule has 0 aliphatic heterocycles. The van der Waals surface area contributed by atoms with E-state index in [1.807, 2.05) is 30.3 Å². The largest absolute Gasteiger partial charge is 0.496 e. The minimum absolute atomic E-state index is 0. The van der Waals surface area contributed by atoms with Crippen LogP contribution >= 0.6 is 24.0 Å². The standard InChI is InChI=1S/C21H29N3O5.HI/c1-25-15-11-18(27-3)16(19(12-15)28-4)8-9-23-21(22)24-13-14-6-7-17(26-2)20(10-14)29-5;/h6-7,10-12H,8-9,13H2,1-5H3,(H3,22,23,24);1H. The third-order valence-electron chi connectivity index (χ3n) is 4.38. The molecule has 0 saturated heterocycles. The lowest BCUT2D eigenvalue weighted by Crippen LogP contribution is -2.33. The Bertz CT molecular complexity index is 820. The normalized spacial score (nSPS) is 10.6. The lowest BCUT2D eigenvalue weighted by Gasteiger charge is -2.15. The van der Waals surface area contributed by atoms with Crippen molar-refractivity contribution in [2.75, 3.05) is 42.1 Å². The van der Waals surface area contributed by atoms with Gasteiger partial charge in [0.15, 0.2) is 17.5 Å². The third kappa shape index (κ3) is 6.75. The zero-order valence-electron chi connectivity index (χ0n) is 18.0. The molecule has 2 rings (SSSR count). The highest BCUT2D eigenvalue weighted by Crippen LogP contribution is 2.34. The number of ether oxygens (including phenoxy) is 5. The topological polar surface area (TPSA) is 96.6 Å². The zero-order valence-corrected chi connectivity index (χ0v) is 20.3. The van der Waals surface area contributed by atoms with E-state index in [-0.39, 0.29) is 24.0 Å². The lowest BCUT2D eigenvalue weighted by molar-refractivity contribution is 0.354. The highest BCUT2D eigenvalue weighted by atomic mass is 127. The minimum atomic E-state index is 0. The van der Waals surface area contributed by atoms with E-state index in [2.05, 4.69) is 10.3 Å². The first kappa shape index (κ1) is 25.5. The van der Waals surface area contributed by atoms with Crippen LogP contribution in [-0.4, -0.2) is 48.1 Å². The fraction of sp³-hybridized carbons (Fsp3) is 0.381. The molecule has 8 nitrogen and oxygen atoms in total.